The molecule has 4 rings (SSSR count). The van der Waals surface area contributed by atoms with Crippen LogP contribution in [0.3, 0.4) is 0 Å². The summed E-state index contributed by atoms with van der Waals surface area (Å²) in [6, 6.07) is 12.3. The van der Waals surface area contributed by atoms with Crippen LogP contribution in [-0.2, 0) is 6.42 Å². The molecule has 0 saturated heterocycles. The van der Waals surface area contributed by atoms with Crippen LogP contribution in [0.2, 0.25) is 0 Å². The molecule has 26 heavy (non-hydrogen) atoms. The van der Waals surface area contributed by atoms with Crippen LogP contribution in [0, 0.1) is 0 Å². The first-order chi connectivity index (χ1) is 12.7. The Morgan fingerprint density at radius 2 is 2.12 bits per heavy atom. The first-order valence-electron chi connectivity index (χ1n) is 8.02. The van der Waals surface area contributed by atoms with Gasteiger partial charge in [0.05, 0.1) is 19.0 Å². The van der Waals surface area contributed by atoms with E-state index in [1.807, 2.05) is 18.2 Å². The lowest BCUT2D eigenvalue weighted by atomic mass is 10.1. The van der Waals surface area contributed by atoms with E-state index in [1.54, 1.807) is 31.4 Å². The van der Waals surface area contributed by atoms with Crippen LogP contribution in [-0.4, -0.2) is 34.5 Å². The quantitative estimate of drug-likeness (QED) is 0.390. The Hall–Kier alpha value is -3.61. The SMILES string of the molecule is COc1ccc2c(c1)Cc1c-2n[nH]c1C(=O)N/N=C/c1ccc(O)cc1. The molecule has 0 radical (unpaired) electrons. The van der Waals surface area contributed by atoms with Crippen molar-refractivity contribution in [3.63, 3.8) is 0 Å². The topological polar surface area (TPSA) is 99.6 Å². The third-order valence-corrected chi connectivity index (χ3v) is 4.30. The van der Waals surface area contributed by atoms with Gasteiger partial charge in [-0.15, -0.1) is 0 Å². The van der Waals surface area contributed by atoms with E-state index in [1.165, 1.54) is 6.21 Å². The lowest BCUT2D eigenvalue weighted by Crippen LogP contribution is -2.19. The number of ether oxygens (including phenoxy) is 1. The van der Waals surface area contributed by atoms with Crippen molar-refractivity contribution in [2.24, 2.45) is 5.10 Å². The Kier molecular flexibility index (Phi) is 3.89. The van der Waals surface area contributed by atoms with E-state index >= 15 is 0 Å². The summed E-state index contributed by atoms with van der Waals surface area (Å²) in [6.45, 7) is 0. The summed E-state index contributed by atoms with van der Waals surface area (Å²) in [5, 5.41) is 20.3. The number of nitrogens with zero attached hydrogens (tertiary/aromatic N) is 2. The van der Waals surface area contributed by atoms with Crippen molar-refractivity contribution in [2.45, 2.75) is 6.42 Å². The van der Waals surface area contributed by atoms with Crippen molar-refractivity contribution < 1.29 is 14.6 Å². The van der Waals surface area contributed by atoms with Gasteiger partial charge in [0.2, 0.25) is 0 Å². The number of hydrogen-bond acceptors (Lipinski definition) is 5. The van der Waals surface area contributed by atoms with E-state index in [0.717, 1.165) is 33.7 Å². The monoisotopic (exact) mass is 348 g/mol. The first-order valence-corrected chi connectivity index (χ1v) is 8.02. The molecular weight excluding hydrogens is 332 g/mol. The number of carbonyl (C=O) groups is 1. The third kappa shape index (κ3) is 2.79. The first kappa shape index (κ1) is 15.9. The van der Waals surface area contributed by atoms with Crippen molar-refractivity contribution in [2.75, 3.05) is 7.11 Å². The second-order valence-electron chi connectivity index (χ2n) is 5.92. The van der Waals surface area contributed by atoms with Crippen LogP contribution < -0.4 is 10.2 Å². The number of amides is 1. The number of aromatic hydroxyl groups is 1. The molecule has 3 aromatic rings. The number of fused-ring (bicyclic) bond motifs is 3. The molecule has 0 spiro atoms. The van der Waals surface area contributed by atoms with Gasteiger partial charge in [-0.05, 0) is 53.6 Å². The maximum atomic E-state index is 12.4. The summed E-state index contributed by atoms with van der Waals surface area (Å²) < 4.78 is 5.25. The van der Waals surface area contributed by atoms with Crippen molar-refractivity contribution >= 4 is 12.1 Å². The number of benzene rings is 2. The smallest absolute Gasteiger partial charge is 0.289 e. The Morgan fingerprint density at radius 3 is 2.88 bits per heavy atom. The predicted molar refractivity (Wildman–Crippen MR) is 96.5 cm³/mol. The van der Waals surface area contributed by atoms with Gasteiger partial charge < -0.3 is 9.84 Å². The Balaban J connectivity index is 1.51. The fourth-order valence-corrected chi connectivity index (χ4v) is 2.99. The van der Waals surface area contributed by atoms with Gasteiger partial charge in [-0.1, -0.05) is 0 Å². The van der Waals surface area contributed by atoms with Crippen LogP contribution in [0.15, 0.2) is 47.6 Å². The summed E-state index contributed by atoms with van der Waals surface area (Å²) in [7, 11) is 1.63. The lowest BCUT2D eigenvalue weighted by molar-refractivity contribution is 0.0949. The normalized spacial score (nSPS) is 12.0. The van der Waals surface area contributed by atoms with Gasteiger partial charge in [0.1, 0.15) is 17.2 Å². The summed E-state index contributed by atoms with van der Waals surface area (Å²) in [4.78, 5) is 12.4. The zero-order chi connectivity index (χ0) is 18.1. The number of nitrogens with one attached hydrogen (secondary N) is 2. The summed E-state index contributed by atoms with van der Waals surface area (Å²) in [5.41, 5.74) is 7.39. The van der Waals surface area contributed by atoms with Gasteiger partial charge in [-0.2, -0.15) is 10.2 Å². The lowest BCUT2D eigenvalue weighted by Gasteiger charge is -2.03. The van der Waals surface area contributed by atoms with Crippen LogP contribution in [0.25, 0.3) is 11.3 Å². The highest BCUT2D eigenvalue weighted by Gasteiger charge is 2.27. The zero-order valence-corrected chi connectivity index (χ0v) is 14.0. The number of H-pyrrole nitrogens is 1. The van der Waals surface area contributed by atoms with Gasteiger partial charge in [0.25, 0.3) is 5.91 Å². The van der Waals surface area contributed by atoms with Crippen LogP contribution >= 0.6 is 0 Å². The maximum Gasteiger partial charge on any atom is 0.289 e. The number of phenolic OH excluding ortho intramolecular Hbond substituents is 1. The highest BCUT2D eigenvalue weighted by molar-refractivity contribution is 5.97. The number of phenols is 1. The van der Waals surface area contributed by atoms with E-state index in [0.29, 0.717) is 12.1 Å². The molecule has 7 heteroatoms. The minimum atomic E-state index is -0.353. The average molecular weight is 348 g/mol. The fraction of sp³-hybridized carbons (Fsp3) is 0.105. The number of carbonyl (C=O) groups excluding carboxylic acids is 1. The molecule has 7 nitrogen and oxygen atoms in total. The molecule has 1 aliphatic rings. The molecule has 1 aromatic heterocycles. The Morgan fingerprint density at radius 1 is 1.31 bits per heavy atom. The van der Waals surface area contributed by atoms with Gasteiger partial charge in [-0.25, -0.2) is 5.43 Å². The molecule has 3 N–H and O–H groups in total. The van der Waals surface area contributed by atoms with Crippen molar-refractivity contribution in [3.05, 3.63) is 64.8 Å². The predicted octanol–water partition coefficient (Wildman–Crippen LogP) is 2.46. The molecule has 130 valence electrons. The summed E-state index contributed by atoms with van der Waals surface area (Å²) in [5.74, 6) is 0.603. The molecule has 2 aromatic carbocycles. The number of methoxy groups -OCH3 is 1. The van der Waals surface area contributed by atoms with E-state index in [-0.39, 0.29) is 11.7 Å². The zero-order valence-electron chi connectivity index (χ0n) is 14.0. The van der Waals surface area contributed by atoms with Crippen LogP contribution in [0.4, 0.5) is 0 Å². The molecule has 1 aliphatic carbocycles. The molecule has 1 amide bonds. The number of rotatable bonds is 4. The van der Waals surface area contributed by atoms with Crippen LogP contribution in [0.5, 0.6) is 11.5 Å². The van der Waals surface area contributed by atoms with E-state index < -0.39 is 0 Å². The van der Waals surface area contributed by atoms with Crippen molar-refractivity contribution in [1.82, 2.24) is 15.6 Å². The standard InChI is InChI=1S/C19H16N4O3/c1-26-14-6-7-15-12(8-14)9-16-17(15)21-22-18(16)19(25)23-20-10-11-2-4-13(24)5-3-11/h2-8,10,24H,9H2,1H3,(H,21,22)(H,23,25)/b20-10+. The molecule has 0 saturated carbocycles. The van der Waals surface area contributed by atoms with Crippen LogP contribution in [0.1, 0.15) is 27.2 Å². The second kappa shape index (κ2) is 6.36. The van der Waals surface area contributed by atoms with Crippen molar-refractivity contribution in [1.29, 1.82) is 0 Å². The second-order valence-corrected chi connectivity index (χ2v) is 5.92. The van der Waals surface area contributed by atoms with Gasteiger partial charge in [0.15, 0.2) is 0 Å². The molecule has 0 unspecified atom stereocenters. The molecule has 0 aliphatic heterocycles. The number of aromatic nitrogens is 2. The molecule has 0 bridgehead atoms. The summed E-state index contributed by atoms with van der Waals surface area (Å²) >= 11 is 0. The third-order valence-electron chi connectivity index (χ3n) is 4.30. The largest absolute Gasteiger partial charge is 0.508 e. The van der Waals surface area contributed by atoms with E-state index in [9.17, 15) is 9.90 Å². The van der Waals surface area contributed by atoms with Gasteiger partial charge in [-0.3, -0.25) is 9.89 Å². The fourth-order valence-electron chi connectivity index (χ4n) is 2.99. The van der Waals surface area contributed by atoms with E-state index in [2.05, 4.69) is 20.7 Å². The Bertz CT molecular complexity index is 1010. The summed E-state index contributed by atoms with van der Waals surface area (Å²) in [6.07, 6.45) is 2.12. The molecule has 1 heterocycles. The highest BCUT2D eigenvalue weighted by Crippen LogP contribution is 2.38. The van der Waals surface area contributed by atoms with E-state index in [4.69, 9.17) is 4.74 Å². The minimum absolute atomic E-state index is 0.176. The minimum Gasteiger partial charge on any atom is -0.508 e. The van der Waals surface area contributed by atoms with Crippen molar-refractivity contribution in [3.8, 4) is 22.8 Å². The molecular formula is C19H16N4O3. The molecule has 0 atom stereocenters. The average Bonchev–Trinajstić information content (AvgIpc) is 3.21. The number of aromatic amines is 1. The highest BCUT2D eigenvalue weighted by atomic mass is 16.5. The number of hydrazone groups is 1. The maximum absolute atomic E-state index is 12.4. The molecule has 0 fully saturated rings. The van der Waals surface area contributed by atoms with Gasteiger partial charge >= 0.3 is 0 Å². The number of hydrogen-bond donors (Lipinski definition) is 3. The van der Waals surface area contributed by atoms with Gasteiger partial charge in [0, 0.05) is 17.5 Å². The Labute approximate surface area is 149 Å².